The molecular formula is C12H14N4O. The molecule has 0 saturated carbocycles. The molecule has 0 radical (unpaired) electrons. The Labute approximate surface area is 99.5 Å². The van der Waals surface area contributed by atoms with Crippen LogP contribution in [-0.2, 0) is 13.0 Å². The molecule has 1 aliphatic heterocycles. The zero-order chi connectivity index (χ0) is 11.7. The Balaban J connectivity index is 1.90. The number of para-hydroxylation sites is 1. The van der Waals surface area contributed by atoms with Gasteiger partial charge in [-0.3, -0.25) is 4.90 Å². The van der Waals surface area contributed by atoms with Gasteiger partial charge in [-0.1, -0.05) is 23.3 Å². The molecular weight excluding hydrogens is 216 g/mol. The molecule has 5 nitrogen and oxygen atoms in total. The van der Waals surface area contributed by atoms with Crippen molar-refractivity contribution in [2.75, 3.05) is 18.5 Å². The van der Waals surface area contributed by atoms with E-state index in [1.54, 1.807) is 0 Å². The highest BCUT2D eigenvalue weighted by Gasteiger charge is 2.23. The van der Waals surface area contributed by atoms with Crippen molar-refractivity contribution in [3.63, 3.8) is 0 Å². The fourth-order valence-corrected chi connectivity index (χ4v) is 2.11. The molecule has 17 heavy (non-hydrogen) atoms. The largest absolute Gasteiger partial charge is 0.406 e. The van der Waals surface area contributed by atoms with Crippen molar-refractivity contribution >= 4 is 11.7 Å². The van der Waals surface area contributed by atoms with Crippen LogP contribution in [0, 0.1) is 0 Å². The van der Waals surface area contributed by atoms with E-state index in [0.717, 1.165) is 13.0 Å². The lowest BCUT2D eigenvalue weighted by molar-refractivity contribution is 0.481. The van der Waals surface area contributed by atoms with Gasteiger partial charge in [0.2, 0.25) is 5.89 Å². The molecule has 2 heterocycles. The average molecular weight is 230 g/mol. The van der Waals surface area contributed by atoms with E-state index in [4.69, 9.17) is 4.42 Å². The standard InChI is InChI=1S/C12H14N4O/c1-13-8-11-14-15-12(17-11)16-7-6-9-4-2-3-5-10(9)16/h2-5,13H,6-8H2,1H3. The second-order valence-electron chi connectivity index (χ2n) is 4.04. The molecule has 0 bridgehead atoms. The number of anilines is 2. The van der Waals surface area contributed by atoms with Crippen molar-refractivity contribution in [1.29, 1.82) is 0 Å². The number of hydrogen-bond acceptors (Lipinski definition) is 5. The summed E-state index contributed by atoms with van der Waals surface area (Å²) in [5.74, 6) is 0.617. The third-order valence-electron chi connectivity index (χ3n) is 2.90. The van der Waals surface area contributed by atoms with Crippen molar-refractivity contribution in [2.45, 2.75) is 13.0 Å². The summed E-state index contributed by atoms with van der Waals surface area (Å²) in [6.45, 7) is 1.50. The van der Waals surface area contributed by atoms with Gasteiger partial charge in [0.05, 0.1) is 6.54 Å². The van der Waals surface area contributed by atoms with Gasteiger partial charge in [0.15, 0.2) is 0 Å². The summed E-state index contributed by atoms with van der Waals surface area (Å²) in [5, 5.41) is 11.1. The van der Waals surface area contributed by atoms with Gasteiger partial charge in [0, 0.05) is 12.2 Å². The lowest BCUT2D eigenvalue weighted by Gasteiger charge is -2.12. The smallest absolute Gasteiger partial charge is 0.322 e. The van der Waals surface area contributed by atoms with Crippen molar-refractivity contribution < 1.29 is 4.42 Å². The highest BCUT2D eigenvalue weighted by atomic mass is 16.4. The van der Waals surface area contributed by atoms with Crippen LogP contribution in [0.4, 0.5) is 11.7 Å². The molecule has 2 aromatic rings. The predicted molar refractivity (Wildman–Crippen MR) is 64.2 cm³/mol. The normalized spacial score (nSPS) is 14.1. The predicted octanol–water partition coefficient (Wildman–Crippen LogP) is 1.48. The molecule has 1 aromatic carbocycles. The molecule has 0 saturated heterocycles. The van der Waals surface area contributed by atoms with Crippen LogP contribution < -0.4 is 10.2 Å². The van der Waals surface area contributed by atoms with Crippen LogP contribution in [-0.4, -0.2) is 23.8 Å². The molecule has 0 spiro atoms. The Bertz CT molecular complexity index is 523. The monoisotopic (exact) mass is 230 g/mol. The topological polar surface area (TPSA) is 54.2 Å². The molecule has 0 fully saturated rings. The number of rotatable bonds is 3. The van der Waals surface area contributed by atoms with Crippen LogP contribution in [0.3, 0.4) is 0 Å². The van der Waals surface area contributed by atoms with Crippen molar-refractivity contribution in [3.8, 4) is 0 Å². The van der Waals surface area contributed by atoms with Crippen LogP contribution in [0.1, 0.15) is 11.5 Å². The van der Waals surface area contributed by atoms with Gasteiger partial charge in [0.25, 0.3) is 0 Å². The molecule has 3 rings (SSSR count). The first-order valence-corrected chi connectivity index (χ1v) is 5.71. The van der Waals surface area contributed by atoms with E-state index in [1.807, 2.05) is 13.1 Å². The van der Waals surface area contributed by atoms with E-state index in [9.17, 15) is 0 Å². The number of nitrogens with zero attached hydrogens (tertiary/aromatic N) is 3. The number of fused-ring (bicyclic) bond motifs is 1. The maximum atomic E-state index is 5.61. The first-order valence-electron chi connectivity index (χ1n) is 5.71. The minimum atomic E-state index is 0.584. The minimum absolute atomic E-state index is 0.584. The van der Waals surface area contributed by atoms with Crippen molar-refractivity contribution in [1.82, 2.24) is 15.5 Å². The van der Waals surface area contributed by atoms with Gasteiger partial charge in [-0.25, -0.2) is 0 Å². The SMILES string of the molecule is CNCc1nnc(N2CCc3ccccc32)o1. The maximum Gasteiger partial charge on any atom is 0.322 e. The van der Waals surface area contributed by atoms with Crippen LogP contribution in [0.25, 0.3) is 0 Å². The van der Waals surface area contributed by atoms with Gasteiger partial charge in [-0.15, -0.1) is 5.10 Å². The molecule has 88 valence electrons. The third kappa shape index (κ3) is 1.78. The van der Waals surface area contributed by atoms with Gasteiger partial charge >= 0.3 is 6.01 Å². The van der Waals surface area contributed by atoms with Crippen LogP contribution in [0.15, 0.2) is 28.7 Å². The maximum absolute atomic E-state index is 5.61. The number of benzene rings is 1. The summed E-state index contributed by atoms with van der Waals surface area (Å²) >= 11 is 0. The zero-order valence-corrected chi connectivity index (χ0v) is 9.68. The molecule has 5 heteroatoms. The second-order valence-corrected chi connectivity index (χ2v) is 4.04. The highest BCUT2D eigenvalue weighted by molar-refractivity contribution is 5.64. The van der Waals surface area contributed by atoms with Crippen LogP contribution in [0.5, 0.6) is 0 Å². The summed E-state index contributed by atoms with van der Waals surface area (Å²) in [6.07, 6.45) is 1.03. The Kier molecular flexibility index (Phi) is 2.53. The zero-order valence-electron chi connectivity index (χ0n) is 9.68. The van der Waals surface area contributed by atoms with Gasteiger partial charge in [-0.05, 0) is 25.1 Å². The van der Waals surface area contributed by atoms with Crippen LogP contribution in [0.2, 0.25) is 0 Å². The molecule has 1 N–H and O–H groups in total. The average Bonchev–Trinajstić information content (AvgIpc) is 2.95. The van der Waals surface area contributed by atoms with Crippen molar-refractivity contribution in [2.24, 2.45) is 0 Å². The Hall–Kier alpha value is -1.88. The molecule has 1 aliphatic rings. The second kappa shape index (κ2) is 4.18. The molecule has 1 aromatic heterocycles. The number of nitrogens with one attached hydrogen (secondary N) is 1. The summed E-state index contributed by atoms with van der Waals surface area (Å²) < 4.78 is 5.61. The van der Waals surface area contributed by atoms with E-state index in [1.165, 1.54) is 11.3 Å². The van der Waals surface area contributed by atoms with Crippen molar-refractivity contribution in [3.05, 3.63) is 35.7 Å². The third-order valence-corrected chi connectivity index (χ3v) is 2.90. The Morgan fingerprint density at radius 2 is 2.24 bits per heavy atom. The lowest BCUT2D eigenvalue weighted by Crippen LogP contribution is -2.13. The number of hydrogen-bond donors (Lipinski definition) is 1. The van der Waals surface area contributed by atoms with E-state index >= 15 is 0 Å². The first-order chi connectivity index (χ1) is 8.38. The fourth-order valence-electron chi connectivity index (χ4n) is 2.11. The lowest BCUT2D eigenvalue weighted by atomic mass is 10.2. The molecule has 0 atom stereocenters. The van der Waals surface area contributed by atoms with Gasteiger partial charge in [0.1, 0.15) is 0 Å². The van der Waals surface area contributed by atoms with E-state index in [2.05, 4.69) is 38.6 Å². The molecule has 0 amide bonds. The summed E-state index contributed by atoms with van der Waals surface area (Å²) in [4.78, 5) is 2.07. The van der Waals surface area contributed by atoms with E-state index in [0.29, 0.717) is 18.5 Å². The minimum Gasteiger partial charge on any atom is -0.406 e. The molecule has 0 unspecified atom stereocenters. The Morgan fingerprint density at radius 3 is 3.12 bits per heavy atom. The fraction of sp³-hybridized carbons (Fsp3) is 0.333. The quantitative estimate of drug-likeness (QED) is 0.865. The summed E-state index contributed by atoms with van der Waals surface area (Å²) in [7, 11) is 1.86. The summed E-state index contributed by atoms with van der Waals surface area (Å²) in [5.41, 5.74) is 2.51. The van der Waals surface area contributed by atoms with Gasteiger partial charge < -0.3 is 9.73 Å². The van der Waals surface area contributed by atoms with E-state index in [-0.39, 0.29) is 0 Å². The first kappa shape index (κ1) is 10.3. The Morgan fingerprint density at radius 1 is 1.35 bits per heavy atom. The van der Waals surface area contributed by atoms with Crippen LogP contribution >= 0.6 is 0 Å². The van der Waals surface area contributed by atoms with E-state index < -0.39 is 0 Å². The molecule has 0 aliphatic carbocycles. The highest BCUT2D eigenvalue weighted by Crippen LogP contribution is 2.33. The summed E-state index contributed by atoms with van der Waals surface area (Å²) in [6, 6.07) is 8.90. The van der Waals surface area contributed by atoms with Gasteiger partial charge in [-0.2, -0.15) is 0 Å². The number of aromatic nitrogens is 2.